The maximum atomic E-state index is 13.2. The monoisotopic (exact) mass is 436 g/mol. The van der Waals surface area contributed by atoms with Crippen molar-refractivity contribution in [2.24, 2.45) is 5.92 Å². The number of anilines is 1. The van der Waals surface area contributed by atoms with Crippen LogP contribution in [-0.4, -0.2) is 44.9 Å². The molecule has 31 heavy (non-hydrogen) atoms. The van der Waals surface area contributed by atoms with E-state index in [1.54, 1.807) is 17.0 Å². The van der Waals surface area contributed by atoms with Crippen LogP contribution in [0.15, 0.2) is 71.6 Å². The molecule has 0 N–H and O–H groups in total. The molecule has 2 aliphatic rings. The normalized spacial score (nSPS) is 17.9. The molecule has 160 valence electrons. The minimum atomic E-state index is -3.59. The Morgan fingerprint density at radius 3 is 2.39 bits per heavy atom. The number of rotatable bonds is 3. The van der Waals surface area contributed by atoms with Crippen LogP contribution >= 0.6 is 0 Å². The van der Waals surface area contributed by atoms with E-state index >= 15 is 0 Å². The van der Waals surface area contributed by atoms with E-state index < -0.39 is 10.0 Å². The summed E-state index contributed by atoms with van der Waals surface area (Å²) in [5, 5.41) is 1.91. The fourth-order valence-corrected chi connectivity index (χ4v) is 5.94. The first kappa shape index (κ1) is 20.0. The van der Waals surface area contributed by atoms with Crippen molar-refractivity contribution >= 4 is 32.4 Å². The molecular weight excluding hydrogens is 412 g/mol. The standard InChI is InChI=1S/C24H24N2O4S/c27-24(26-15-16-30-23-8-4-3-7-22(23)26)19-11-13-25(14-12-19)31(28,29)21-10-9-18-5-1-2-6-20(18)17-21/h1-10,17,19H,11-16H2. The third-order valence-corrected chi connectivity index (χ3v) is 8.05. The maximum Gasteiger partial charge on any atom is 0.243 e. The number of amides is 1. The number of hydrogen-bond acceptors (Lipinski definition) is 4. The summed E-state index contributed by atoms with van der Waals surface area (Å²) < 4.78 is 33.5. The summed E-state index contributed by atoms with van der Waals surface area (Å²) in [6, 6.07) is 20.5. The average Bonchev–Trinajstić information content (AvgIpc) is 2.83. The SMILES string of the molecule is O=C(C1CCN(S(=O)(=O)c2ccc3ccccc3c2)CC1)N1CCOc2ccccc21. The van der Waals surface area contributed by atoms with E-state index in [0.29, 0.717) is 44.0 Å². The van der Waals surface area contributed by atoms with Crippen molar-refractivity contribution in [1.29, 1.82) is 0 Å². The molecule has 0 radical (unpaired) electrons. The van der Waals surface area contributed by atoms with Crippen molar-refractivity contribution < 1.29 is 17.9 Å². The summed E-state index contributed by atoms with van der Waals surface area (Å²) in [4.78, 5) is 15.3. The molecule has 0 aliphatic carbocycles. The second-order valence-electron chi connectivity index (χ2n) is 7.99. The molecule has 0 bridgehead atoms. The first-order valence-corrected chi connectivity index (χ1v) is 12.0. The minimum Gasteiger partial charge on any atom is -0.490 e. The molecule has 2 aliphatic heterocycles. The number of para-hydroxylation sites is 2. The number of ether oxygens (including phenoxy) is 1. The van der Waals surface area contributed by atoms with Crippen molar-refractivity contribution in [2.75, 3.05) is 31.1 Å². The summed E-state index contributed by atoms with van der Waals surface area (Å²) in [6.45, 7) is 1.68. The van der Waals surface area contributed by atoms with Crippen LogP contribution in [0, 0.1) is 5.92 Å². The molecule has 0 atom stereocenters. The fourth-order valence-electron chi connectivity index (χ4n) is 4.44. The number of benzene rings is 3. The Kier molecular flexibility index (Phi) is 5.16. The molecule has 0 unspecified atom stereocenters. The van der Waals surface area contributed by atoms with Gasteiger partial charge in [-0.15, -0.1) is 0 Å². The lowest BCUT2D eigenvalue weighted by molar-refractivity contribution is -0.123. The molecule has 2 heterocycles. The largest absolute Gasteiger partial charge is 0.490 e. The Morgan fingerprint density at radius 2 is 1.58 bits per heavy atom. The highest BCUT2D eigenvalue weighted by molar-refractivity contribution is 7.89. The lowest BCUT2D eigenvalue weighted by Crippen LogP contribution is -2.46. The average molecular weight is 437 g/mol. The molecule has 1 saturated heterocycles. The predicted molar refractivity (Wildman–Crippen MR) is 120 cm³/mol. The second-order valence-corrected chi connectivity index (χ2v) is 9.93. The van der Waals surface area contributed by atoms with E-state index in [0.717, 1.165) is 22.2 Å². The zero-order valence-electron chi connectivity index (χ0n) is 17.1. The van der Waals surface area contributed by atoms with E-state index in [4.69, 9.17) is 4.74 Å². The van der Waals surface area contributed by atoms with E-state index in [2.05, 4.69) is 0 Å². The van der Waals surface area contributed by atoms with Gasteiger partial charge < -0.3 is 9.64 Å². The van der Waals surface area contributed by atoms with Gasteiger partial charge in [0.2, 0.25) is 15.9 Å². The Morgan fingerprint density at radius 1 is 0.871 bits per heavy atom. The number of hydrogen-bond donors (Lipinski definition) is 0. The van der Waals surface area contributed by atoms with Crippen molar-refractivity contribution in [3.63, 3.8) is 0 Å². The van der Waals surface area contributed by atoms with Crippen molar-refractivity contribution in [2.45, 2.75) is 17.7 Å². The summed E-state index contributed by atoms with van der Waals surface area (Å²) in [7, 11) is -3.59. The number of carbonyl (C=O) groups excluding carboxylic acids is 1. The third-order valence-electron chi connectivity index (χ3n) is 6.16. The summed E-state index contributed by atoms with van der Waals surface area (Å²) in [5.41, 5.74) is 0.796. The van der Waals surface area contributed by atoms with Crippen LogP contribution in [0.1, 0.15) is 12.8 Å². The molecule has 3 aromatic rings. The van der Waals surface area contributed by atoms with Gasteiger partial charge in [0.1, 0.15) is 12.4 Å². The lowest BCUT2D eigenvalue weighted by atomic mass is 9.96. The molecule has 0 aromatic heterocycles. The topological polar surface area (TPSA) is 66.9 Å². The number of fused-ring (bicyclic) bond motifs is 2. The highest BCUT2D eigenvalue weighted by atomic mass is 32.2. The fraction of sp³-hybridized carbons (Fsp3) is 0.292. The van der Waals surface area contributed by atoms with Gasteiger partial charge in [-0.1, -0.05) is 42.5 Å². The van der Waals surface area contributed by atoms with Crippen LogP contribution in [-0.2, 0) is 14.8 Å². The van der Waals surface area contributed by atoms with Gasteiger partial charge in [-0.25, -0.2) is 8.42 Å². The highest BCUT2D eigenvalue weighted by Gasteiger charge is 2.35. The Bertz CT molecular complexity index is 1230. The van der Waals surface area contributed by atoms with Crippen molar-refractivity contribution in [1.82, 2.24) is 4.31 Å². The van der Waals surface area contributed by atoms with Crippen LogP contribution in [0.3, 0.4) is 0 Å². The van der Waals surface area contributed by atoms with Gasteiger partial charge in [0.05, 0.1) is 17.1 Å². The molecule has 3 aromatic carbocycles. The molecule has 0 saturated carbocycles. The summed E-state index contributed by atoms with van der Waals surface area (Å²) in [5.74, 6) is 0.589. The quantitative estimate of drug-likeness (QED) is 0.628. The van der Waals surface area contributed by atoms with Crippen LogP contribution < -0.4 is 9.64 Å². The summed E-state index contributed by atoms with van der Waals surface area (Å²) >= 11 is 0. The summed E-state index contributed by atoms with van der Waals surface area (Å²) in [6.07, 6.45) is 1.04. The molecule has 1 amide bonds. The molecule has 6 nitrogen and oxygen atoms in total. The number of nitrogens with zero attached hydrogens (tertiary/aromatic N) is 2. The Balaban J connectivity index is 1.30. The second kappa shape index (κ2) is 7.98. The van der Waals surface area contributed by atoms with Crippen LogP contribution in [0.2, 0.25) is 0 Å². The Hall–Kier alpha value is -2.90. The maximum absolute atomic E-state index is 13.2. The molecular formula is C24H24N2O4S. The van der Waals surface area contributed by atoms with Gasteiger partial charge in [0.25, 0.3) is 0 Å². The zero-order valence-corrected chi connectivity index (χ0v) is 17.9. The molecule has 7 heteroatoms. The number of sulfonamides is 1. The van der Waals surface area contributed by atoms with Gasteiger partial charge in [0.15, 0.2) is 0 Å². The first-order valence-electron chi connectivity index (χ1n) is 10.6. The third kappa shape index (κ3) is 3.68. The van der Waals surface area contributed by atoms with Crippen LogP contribution in [0.25, 0.3) is 10.8 Å². The number of carbonyl (C=O) groups is 1. The molecule has 5 rings (SSSR count). The smallest absolute Gasteiger partial charge is 0.243 e. The van der Waals surface area contributed by atoms with Gasteiger partial charge in [-0.2, -0.15) is 4.31 Å². The molecule has 0 spiro atoms. The van der Waals surface area contributed by atoms with Gasteiger partial charge in [-0.3, -0.25) is 4.79 Å². The van der Waals surface area contributed by atoms with Crippen molar-refractivity contribution in [3.8, 4) is 5.75 Å². The number of piperidine rings is 1. The predicted octanol–water partition coefficient (Wildman–Crippen LogP) is 3.67. The van der Waals surface area contributed by atoms with Gasteiger partial charge >= 0.3 is 0 Å². The van der Waals surface area contributed by atoms with E-state index in [9.17, 15) is 13.2 Å². The zero-order chi connectivity index (χ0) is 21.4. The first-order chi connectivity index (χ1) is 15.0. The highest BCUT2D eigenvalue weighted by Crippen LogP contribution is 2.34. The van der Waals surface area contributed by atoms with E-state index in [1.807, 2.05) is 54.6 Å². The van der Waals surface area contributed by atoms with Crippen LogP contribution in [0.4, 0.5) is 5.69 Å². The lowest BCUT2D eigenvalue weighted by Gasteiger charge is -2.35. The van der Waals surface area contributed by atoms with Crippen molar-refractivity contribution in [3.05, 3.63) is 66.7 Å². The Labute approximate surface area is 182 Å². The van der Waals surface area contributed by atoms with Crippen LogP contribution in [0.5, 0.6) is 5.75 Å². The minimum absolute atomic E-state index is 0.0542. The van der Waals surface area contributed by atoms with E-state index in [1.165, 1.54) is 4.31 Å². The van der Waals surface area contributed by atoms with E-state index in [-0.39, 0.29) is 11.8 Å². The van der Waals surface area contributed by atoms with Gasteiger partial charge in [-0.05, 0) is 47.9 Å². The molecule has 1 fully saturated rings. The van der Waals surface area contributed by atoms with Gasteiger partial charge in [0, 0.05) is 19.0 Å².